The summed E-state index contributed by atoms with van der Waals surface area (Å²) in [7, 11) is 0. The van der Waals surface area contributed by atoms with E-state index in [1.54, 1.807) is 21.7 Å². The van der Waals surface area contributed by atoms with Crippen molar-refractivity contribution in [2.75, 3.05) is 31.9 Å². The van der Waals surface area contributed by atoms with E-state index in [9.17, 15) is 9.59 Å². The lowest BCUT2D eigenvalue weighted by molar-refractivity contribution is -0.139. The van der Waals surface area contributed by atoms with Gasteiger partial charge in [-0.15, -0.1) is 5.10 Å². The molecule has 27 heavy (non-hydrogen) atoms. The minimum atomic E-state index is 0.0316. The Labute approximate surface area is 165 Å². The number of hydrogen-bond acceptors (Lipinski definition) is 6. The molecule has 1 aliphatic heterocycles. The molecule has 1 aromatic heterocycles. The first-order valence-corrected chi connectivity index (χ1v) is 10.2. The van der Waals surface area contributed by atoms with Crippen LogP contribution in [-0.2, 0) is 9.59 Å². The van der Waals surface area contributed by atoms with E-state index in [1.165, 1.54) is 11.8 Å². The number of piperazine rings is 1. The van der Waals surface area contributed by atoms with E-state index in [2.05, 4.69) is 15.5 Å². The Hall–Kier alpha value is -2.13. The molecule has 1 aromatic carbocycles. The van der Waals surface area contributed by atoms with Crippen molar-refractivity contribution in [1.29, 1.82) is 0 Å². The monoisotopic (exact) mass is 406 g/mol. The van der Waals surface area contributed by atoms with Crippen molar-refractivity contribution in [3.8, 4) is 5.69 Å². The lowest BCUT2D eigenvalue weighted by Gasteiger charge is -2.34. The summed E-state index contributed by atoms with van der Waals surface area (Å²) >= 11 is 7.21. The van der Waals surface area contributed by atoms with E-state index in [1.807, 2.05) is 17.0 Å². The van der Waals surface area contributed by atoms with Crippen molar-refractivity contribution < 1.29 is 9.59 Å². The summed E-state index contributed by atoms with van der Waals surface area (Å²) in [4.78, 5) is 28.3. The van der Waals surface area contributed by atoms with Gasteiger partial charge in [0.25, 0.3) is 0 Å². The molecular weight excluding hydrogens is 388 g/mol. The Morgan fingerprint density at radius 2 is 1.74 bits per heavy atom. The largest absolute Gasteiger partial charge is 0.339 e. The standard InChI is InChI=1S/C17H19ClN6O2S/c18-13-3-5-14(6-4-13)24-17(19-20-21-24)27-11-15(25)22-7-9-23(10-8-22)16(26)12-1-2-12/h3-6,12H,1-2,7-11H2. The topological polar surface area (TPSA) is 84.2 Å². The number of benzene rings is 1. The summed E-state index contributed by atoms with van der Waals surface area (Å²) in [6.07, 6.45) is 2.02. The molecule has 4 rings (SSSR count). The predicted octanol–water partition coefficient (Wildman–Crippen LogP) is 1.49. The number of carbonyl (C=O) groups excluding carboxylic acids is 2. The van der Waals surface area contributed by atoms with Gasteiger partial charge in [-0.25, -0.2) is 0 Å². The molecule has 2 aromatic rings. The Bertz CT molecular complexity index is 830. The third-order valence-electron chi connectivity index (χ3n) is 4.71. The number of thioether (sulfide) groups is 1. The SMILES string of the molecule is O=C(CSc1nnnn1-c1ccc(Cl)cc1)N1CCN(C(=O)C2CC2)CC1. The fourth-order valence-corrected chi connectivity index (χ4v) is 3.92. The zero-order chi connectivity index (χ0) is 18.8. The molecule has 8 nitrogen and oxygen atoms in total. The van der Waals surface area contributed by atoms with Gasteiger partial charge in [0, 0.05) is 37.1 Å². The zero-order valence-electron chi connectivity index (χ0n) is 14.6. The Morgan fingerprint density at radius 1 is 1.07 bits per heavy atom. The van der Waals surface area contributed by atoms with Gasteiger partial charge >= 0.3 is 0 Å². The fourth-order valence-electron chi connectivity index (χ4n) is 3.00. The average molecular weight is 407 g/mol. The predicted molar refractivity (Wildman–Crippen MR) is 101 cm³/mol. The van der Waals surface area contributed by atoms with Crippen LogP contribution in [0.3, 0.4) is 0 Å². The molecule has 0 atom stereocenters. The highest BCUT2D eigenvalue weighted by atomic mass is 35.5. The van der Waals surface area contributed by atoms with Crippen LogP contribution in [0.2, 0.25) is 5.02 Å². The minimum Gasteiger partial charge on any atom is -0.339 e. The van der Waals surface area contributed by atoms with E-state index in [4.69, 9.17) is 11.6 Å². The molecule has 0 N–H and O–H groups in total. The summed E-state index contributed by atoms with van der Waals surface area (Å²) in [6.45, 7) is 2.41. The first-order chi connectivity index (χ1) is 13.1. The van der Waals surface area contributed by atoms with E-state index >= 15 is 0 Å². The molecule has 0 spiro atoms. The first kappa shape index (κ1) is 18.2. The van der Waals surface area contributed by atoms with Crippen LogP contribution in [0, 0.1) is 5.92 Å². The van der Waals surface area contributed by atoms with Crippen LogP contribution in [-0.4, -0.2) is 73.8 Å². The van der Waals surface area contributed by atoms with Gasteiger partial charge in [-0.3, -0.25) is 9.59 Å². The molecule has 1 saturated carbocycles. The van der Waals surface area contributed by atoms with Crippen molar-refractivity contribution in [2.45, 2.75) is 18.0 Å². The second-order valence-corrected chi connectivity index (χ2v) is 8.00. The van der Waals surface area contributed by atoms with Gasteiger partial charge in [0.1, 0.15) is 0 Å². The molecule has 0 bridgehead atoms. The van der Waals surface area contributed by atoms with E-state index in [0.717, 1.165) is 18.5 Å². The summed E-state index contributed by atoms with van der Waals surface area (Å²) in [6, 6.07) is 7.17. The van der Waals surface area contributed by atoms with Gasteiger partial charge in [0.15, 0.2) is 0 Å². The number of tetrazole rings is 1. The van der Waals surface area contributed by atoms with Crippen molar-refractivity contribution in [3.63, 3.8) is 0 Å². The summed E-state index contributed by atoms with van der Waals surface area (Å²) in [5, 5.41) is 12.9. The second kappa shape index (κ2) is 7.85. The molecular formula is C17H19ClN6O2S. The molecule has 1 aliphatic carbocycles. The zero-order valence-corrected chi connectivity index (χ0v) is 16.2. The molecule has 10 heteroatoms. The molecule has 1 saturated heterocycles. The van der Waals surface area contributed by atoms with Gasteiger partial charge in [-0.1, -0.05) is 23.4 Å². The quantitative estimate of drug-likeness (QED) is 0.699. The lowest BCUT2D eigenvalue weighted by atomic mass is 10.2. The number of amides is 2. The van der Waals surface area contributed by atoms with Crippen LogP contribution in [0.1, 0.15) is 12.8 Å². The third-order valence-corrected chi connectivity index (χ3v) is 5.86. The highest BCUT2D eigenvalue weighted by Crippen LogP contribution is 2.31. The Balaban J connectivity index is 1.31. The Kier molecular flexibility index (Phi) is 5.31. The summed E-state index contributed by atoms with van der Waals surface area (Å²) < 4.78 is 1.58. The maximum Gasteiger partial charge on any atom is 0.233 e. The highest BCUT2D eigenvalue weighted by molar-refractivity contribution is 7.99. The fraction of sp³-hybridized carbons (Fsp3) is 0.471. The third kappa shape index (κ3) is 4.24. The lowest BCUT2D eigenvalue weighted by Crippen LogP contribution is -2.51. The van der Waals surface area contributed by atoms with Gasteiger partial charge in [0.2, 0.25) is 17.0 Å². The first-order valence-electron chi connectivity index (χ1n) is 8.85. The van der Waals surface area contributed by atoms with Crippen LogP contribution >= 0.6 is 23.4 Å². The van der Waals surface area contributed by atoms with Crippen LogP contribution in [0.4, 0.5) is 0 Å². The van der Waals surface area contributed by atoms with Crippen LogP contribution < -0.4 is 0 Å². The van der Waals surface area contributed by atoms with Crippen molar-refractivity contribution in [2.24, 2.45) is 5.92 Å². The molecule has 0 unspecified atom stereocenters. The normalized spacial score (nSPS) is 17.2. The smallest absolute Gasteiger partial charge is 0.233 e. The Morgan fingerprint density at radius 3 is 2.41 bits per heavy atom. The highest BCUT2D eigenvalue weighted by Gasteiger charge is 2.35. The van der Waals surface area contributed by atoms with E-state index in [-0.39, 0.29) is 23.5 Å². The van der Waals surface area contributed by atoms with E-state index < -0.39 is 0 Å². The summed E-state index contributed by atoms with van der Waals surface area (Å²) in [5.74, 6) is 0.766. The molecule has 2 fully saturated rings. The van der Waals surface area contributed by atoms with Gasteiger partial charge in [-0.2, -0.15) is 4.68 Å². The molecule has 2 heterocycles. The maximum atomic E-state index is 12.5. The van der Waals surface area contributed by atoms with Gasteiger partial charge in [0.05, 0.1) is 11.4 Å². The number of carbonyl (C=O) groups is 2. The van der Waals surface area contributed by atoms with Gasteiger partial charge in [-0.05, 0) is 47.5 Å². The number of nitrogens with zero attached hydrogens (tertiary/aromatic N) is 6. The van der Waals surface area contributed by atoms with Crippen molar-refractivity contribution in [3.05, 3.63) is 29.3 Å². The van der Waals surface area contributed by atoms with Crippen LogP contribution in [0.5, 0.6) is 0 Å². The van der Waals surface area contributed by atoms with Crippen LogP contribution in [0.15, 0.2) is 29.4 Å². The molecule has 2 amide bonds. The second-order valence-electron chi connectivity index (χ2n) is 6.62. The molecule has 142 valence electrons. The minimum absolute atomic E-state index is 0.0316. The average Bonchev–Trinajstić information content (AvgIpc) is 3.44. The molecule has 0 radical (unpaired) electrons. The van der Waals surface area contributed by atoms with E-state index in [0.29, 0.717) is 36.4 Å². The molecule has 2 aliphatic rings. The van der Waals surface area contributed by atoms with Crippen molar-refractivity contribution in [1.82, 2.24) is 30.0 Å². The van der Waals surface area contributed by atoms with Gasteiger partial charge < -0.3 is 9.80 Å². The van der Waals surface area contributed by atoms with Crippen LogP contribution in [0.25, 0.3) is 5.69 Å². The number of rotatable bonds is 5. The number of halogens is 1. The maximum absolute atomic E-state index is 12.5. The number of hydrogen-bond donors (Lipinski definition) is 0. The summed E-state index contributed by atoms with van der Waals surface area (Å²) in [5.41, 5.74) is 0.784. The number of aromatic nitrogens is 4. The van der Waals surface area contributed by atoms with Crippen molar-refractivity contribution >= 4 is 35.2 Å².